The van der Waals surface area contributed by atoms with Crippen LogP contribution in [0.25, 0.3) is 0 Å². The van der Waals surface area contributed by atoms with Crippen LogP contribution in [0.5, 0.6) is 5.75 Å². The monoisotopic (exact) mass is 405 g/mol. The molecule has 2 N–H and O–H groups in total. The van der Waals surface area contributed by atoms with Crippen molar-refractivity contribution in [1.29, 1.82) is 0 Å². The third-order valence-electron chi connectivity index (χ3n) is 6.96. The fourth-order valence-electron chi connectivity index (χ4n) is 6.13. The quantitative estimate of drug-likeness (QED) is 0.740. The Labute approximate surface area is 170 Å². The summed E-state index contributed by atoms with van der Waals surface area (Å²) in [6.45, 7) is 3.55. The second kappa shape index (κ2) is 6.94. The molecule has 28 heavy (non-hydrogen) atoms. The van der Waals surface area contributed by atoms with Crippen LogP contribution in [0.2, 0.25) is 5.02 Å². The van der Waals surface area contributed by atoms with Crippen molar-refractivity contribution in [3.05, 3.63) is 29.3 Å². The Bertz CT molecular complexity index is 759. The summed E-state index contributed by atoms with van der Waals surface area (Å²) in [7, 11) is 0. The van der Waals surface area contributed by atoms with E-state index >= 15 is 0 Å². The van der Waals surface area contributed by atoms with Crippen molar-refractivity contribution >= 4 is 23.5 Å². The lowest BCUT2D eigenvalue weighted by atomic mass is 9.47. The van der Waals surface area contributed by atoms with Crippen molar-refractivity contribution in [2.45, 2.75) is 64.0 Å². The number of nitrogens with one attached hydrogen (secondary N) is 1. The van der Waals surface area contributed by atoms with E-state index in [1.54, 1.807) is 38.1 Å². The number of hydrogen-bond donors (Lipinski definition) is 2. The first kappa shape index (κ1) is 19.6. The van der Waals surface area contributed by atoms with Crippen molar-refractivity contribution in [2.75, 3.05) is 0 Å². The van der Waals surface area contributed by atoms with E-state index in [0.29, 0.717) is 28.5 Å². The van der Waals surface area contributed by atoms with Gasteiger partial charge in [-0.15, -0.1) is 0 Å². The highest BCUT2D eigenvalue weighted by Crippen LogP contribution is 2.61. The Hall–Kier alpha value is -1.75. The fraction of sp³-hybridized carbons (Fsp3) is 0.636. The van der Waals surface area contributed by atoms with Crippen molar-refractivity contribution in [3.63, 3.8) is 0 Å². The highest BCUT2D eigenvalue weighted by Gasteiger charge is 2.56. The van der Waals surface area contributed by atoms with E-state index in [-0.39, 0.29) is 23.8 Å². The van der Waals surface area contributed by atoms with Gasteiger partial charge in [0.05, 0.1) is 6.42 Å². The Kier molecular flexibility index (Phi) is 4.85. The molecule has 0 aromatic heterocycles. The lowest BCUT2D eigenvalue weighted by Crippen LogP contribution is -2.62. The molecule has 5 atom stereocenters. The Morgan fingerprint density at radius 3 is 2.36 bits per heavy atom. The zero-order chi connectivity index (χ0) is 20.1. The van der Waals surface area contributed by atoms with E-state index in [1.165, 1.54) is 0 Å². The standard InChI is InChI=1S/C22H28ClNO4/c1-21(2,28-17-5-3-16(23)4-6-17)20(27)24-19-14-7-13-8-15(19)11-22(9-13,10-14)12-18(25)26/h3-6,13-15,19H,7-12H2,1-2H3,(H,24,27)(H,25,26)/t13?,14-,15?,19?,22?/m0/s1. The summed E-state index contributed by atoms with van der Waals surface area (Å²) < 4.78 is 5.94. The number of ether oxygens (including phenoxy) is 1. The first-order valence-corrected chi connectivity index (χ1v) is 10.5. The Morgan fingerprint density at radius 2 is 1.79 bits per heavy atom. The average molecular weight is 406 g/mol. The number of aliphatic carboxylic acids is 1. The molecule has 0 heterocycles. The number of carbonyl (C=O) groups excluding carboxylic acids is 1. The van der Waals surface area contributed by atoms with Gasteiger partial charge in [-0.2, -0.15) is 0 Å². The molecule has 4 saturated carbocycles. The number of benzene rings is 1. The molecule has 4 unspecified atom stereocenters. The van der Waals surface area contributed by atoms with Crippen LogP contribution < -0.4 is 10.1 Å². The zero-order valence-corrected chi connectivity index (χ0v) is 17.2. The molecule has 5 nitrogen and oxygen atoms in total. The van der Waals surface area contributed by atoms with Crippen LogP contribution in [0.3, 0.4) is 0 Å². The second-order valence-corrected chi connectivity index (χ2v) is 10.0. The molecule has 4 fully saturated rings. The maximum Gasteiger partial charge on any atom is 0.303 e. The number of halogens is 1. The number of carbonyl (C=O) groups is 2. The predicted octanol–water partition coefficient (Wildman–Crippen LogP) is 4.28. The summed E-state index contributed by atoms with van der Waals surface area (Å²) in [4.78, 5) is 24.4. The summed E-state index contributed by atoms with van der Waals surface area (Å²) in [6.07, 6.45) is 5.33. The Morgan fingerprint density at radius 1 is 1.18 bits per heavy atom. The van der Waals surface area contributed by atoms with Gasteiger partial charge in [0, 0.05) is 11.1 Å². The fourth-order valence-corrected chi connectivity index (χ4v) is 6.26. The van der Waals surface area contributed by atoms with E-state index in [2.05, 4.69) is 5.32 Å². The van der Waals surface area contributed by atoms with Crippen molar-refractivity contribution in [2.24, 2.45) is 23.2 Å². The molecule has 152 valence electrons. The van der Waals surface area contributed by atoms with Crippen LogP contribution in [-0.2, 0) is 9.59 Å². The van der Waals surface area contributed by atoms with Gasteiger partial charge in [-0.1, -0.05) is 11.6 Å². The number of amides is 1. The highest BCUT2D eigenvalue weighted by molar-refractivity contribution is 6.30. The molecule has 0 spiro atoms. The topological polar surface area (TPSA) is 75.6 Å². The molecule has 1 aromatic carbocycles. The minimum Gasteiger partial charge on any atom is -0.481 e. The largest absolute Gasteiger partial charge is 0.481 e. The van der Waals surface area contributed by atoms with E-state index in [0.717, 1.165) is 32.1 Å². The van der Waals surface area contributed by atoms with Gasteiger partial charge >= 0.3 is 5.97 Å². The maximum atomic E-state index is 13.0. The number of hydrogen-bond acceptors (Lipinski definition) is 3. The van der Waals surface area contributed by atoms with Crippen LogP contribution in [0, 0.1) is 23.2 Å². The second-order valence-electron chi connectivity index (χ2n) is 9.61. The third kappa shape index (κ3) is 3.73. The van der Waals surface area contributed by atoms with Crippen molar-refractivity contribution in [1.82, 2.24) is 5.32 Å². The van der Waals surface area contributed by atoms with Gasteiger partial charge in [0.15, 0.2) is 5.60 Å². The zero-order valence-electron chi connectivity index (χ0n) is 16.4. The van der Waals surface area contributed by atoms with Crippen LogP contribution in [0.15, 0.2) is 24.3 Å². The minimum atomic E-state index is -0.999. The molecule has 5 rings (SSSR count). The van der Waals surface area contributed by atoms with Crippen molar-refractivity contribution in [3.8, 4) is 5.75 Å². The van der Waals surface area contributed by atoms with Gasteiger partial charge in [-0.05, 0) is 93.4 Å². The van der Waals surface area contributed by atoms with Gasteiger partial charge in [0.25, 0.3) is 5.91 Å². The summed E-state index contributed by atoms with van der Waals surface area (Å²) in [5.74, 6) is 1.16. The summed E-state index contributed by atoms with van der Waals surface area (Å²) in [5.41, 5.74) is -1.06. The van der Waals surface area contributed by atoms with Crippen LogP contribution >= 0.6 is 11.6 Å². The van der Waals surface area contributed by atoms with E-state index in [4.69, 9.17) is 16.3 Å². The first-order valence-electron chi connectivity index (χ1n) is 10.1. The van der Waals surface area contributed by atoms with Crippen LogP contribution in [0.4, 0.5) is 0 Å². The Balaban J connectivity index is 1.43. The normalized spacial score (nSPS) is 33.5. The van der Waals surface area contributed by atoms with Crippen molar-refractivity contribution < 1.29 is 19.4 Å². The molecule has 4 aliphatic rings. The molecule has 1 aromatic rings. The summed E-state index contributed by atoms with van der Waals surface area (Å²) in [6, 6.07) is 7.13. The minimum absolute atomic E-state index is 0.0567. The number of rotatable bonds is 6. The maximum absolute atomic E-state index is 13.0. The highest BCUT2D eigenvalue weighted by atomic mass is 35.5. The van der Waals surface area contributed by atoms with Gasteiger partial charge in [-0.3, -0.25) is 9.59 Å². The first-order chi connectivity index (χ1) is 13.2. The molecule has 4 aliphatic carbocycles. The van der Waals surface area contributed by atoms with Gasteiger partial charge < -0.3 is 15.2 Å². The van der Waals surface area contributed by atoms with E-state index in [1.807, 2.05) is 0 Å². The summed E-state index contributed by atoms with van der Waals surface area (Å²) in [5, 5.41) is 13.2. The smallest absolute Gasteiger partial charge is 0.303 e. The third-order valence-corrected chi connectivity index (χ3v) is 7.21. The lowest BCUT2D eigenvalue weighted by Gasteiger charge is -2.60. The number of carboxylic acids is 1. The van der Waals surface area contributed by atoms with Gasteiger partial charge in [-0.25, -0.2) is 0 Å². The SMILES string of the molecule is CC(C)(Oc1ccc(Cl)cc1)C(=O)NC1C2CC3C[C@H]1CC(CC(=O)O)(C3)C2. The number of carboxylic acid groups (broad SMARTS) is 1. The average Bonchev–Trinajstić information content (AvgIpc) is 2.58. The lowest BCUT2D eigenvalue weighted by molar-refractivity contribution is -0.150. The van der Waals surface area contributed by atoms with E-state index in [9.17, 15) is 14.7 Å². The molecule has 0 radical (unpaired) electrons. The molecule has 0 saturated heterocycles. The van der Waals surface area contributed by atoms with Crippen LogP contribution in [0.1, 0.15) is 52.4 Å². The molecular formula is C22H28ClNO4. The predicted molar refractivity (Wildman–Crippen MR) is 106 cm³/mol. The van der Waals surface area contributed by atoms with Gasteiger partial charge in [0.2, 0.25) is 0 Å². The molecular weight excluding hydrogens is 378 g/mol. The van der Waals surface area contributed by atoms with E-state index < -0.39 is 11.6 Å². The molecule has 4 bridgehead atoms. The van der Waals surface area contributed by atoms with Crippen LogP contribution in [-0.4, -0.2) is 28.6 Å². The molecule has 1 amide bonds. The van der Waals surface area contributed by atoms with Gasteiger partial charge in [0.1, 0.15) is 5.75 Å². The summed E-state index contributed by atoms with van der Waals surface area (Å²) >= 11 is 5.92. The molecule has 6 heteroatoms. The molecule has 0 aliphatic heterocycles.